The Hall–Kier alpha value is -5.44. The van der Waals surface area contributed by atoms with E-state index < -0.39 is 65.8 Å². The summed E-state index contributed by atoms with van der Waals surface area (Å²) in [6.07, 6.45) is 3.29. The molecule has 3 aromatic rings. The molecule has 0 unspecified atom stereocenters. The molecule has 2 aromatic carbocycles. The summed E-state index contributed by atoms with van der Waals surface area (Å²) in [7, 11) is 0. The number of aromatic amines is 1. The van der Waals surface area contributed by atoms with Crippen LogP contribution in [0.1, 0.15) is 50.7 Å². The molecule has 1 saturated heterocycles. The first-order chi connectivity index (χ1) is 25.4. The molecule has 6 amide bonds. The van der Waals surface area contributed by atoms with Crippen LogP contribution in [-0.2, 0) is 41.6 Å². The molecule has 282 valence electrons. The number of aliphatic hydroxyl groups excluding tert-OH is 1. The number of carbonyl (C=O) groups excluding carboxylic acids is 6. The second-order valence-corrected chi connectivity index (χ2v) is 14.3. The molecule has 4 aliphatic rings. The van der Waals surface area contributed by atoms with Crippen molar-refractivity contribution >= 4 is 46.3 Å². The molecule has 0 spiro atoms. The molecule has 3 aliphatic heterocycles. The second-order valence-electron chi connectivity index (χ2n) is 14.3. The number of nitrogens with zero attached hydrogens (tertiary/aromatic N) is 1. The first-order valence-corrected chi connectivity index (χ1v) is 18.2. The zero-order valence-electron chi connectivity index (χ0n) is 29.9. The number of aliphatic hydroxyl groups is 1. The molecule has 7 N–H and O–H groups in total. The number of carbonyl (C=O) groups is 6. The van der Waals surface area contributed by atoms with Crippen molar-refractivity contribution in [2.75, 3.05) is 19.7 Å². The summed E-state index contributed by atoms with van der Waals surface area (Å²) in [6, 6.07) is 9.22. The fraction of sp³-hybridized carbons (Fsp3) is 0.474. The van der Waals surface area contributed by atoms with E-state index in [2.05, 4.69) is 31.6 Å². The van der Waals surface area contributed by atoms with Crippen molar-refractivity contribution in [1.82, 2.24) is 36.5 Å². The van der Waals surface area contributed by atoms with Crippen molar-refractivity contribution in [2.24, 2.45) is 5.92 Å². The van der Waals surface area contributed by atoms with Gasteiger partial charge < -0.3 is 46.3 Å². The molecule has 1 aliphatic carbocycles. The first-order valence-electron chi connectivity index (χ1n) is 18.2. The Morgan fingerprint density at radius 3 is 2.47 bits per heavy atom. The van der Waals surface area contributed by atoms with E-state index >= 15 is 0 Å². The smallest absolute Gasteiger partial charge is 0.258 e. The molecule has 4 heterocycles. The number of para-hydroxylation sites is 1. The quantitative estimate of drug-likeness (QED) is 0.174. The van der Waals surface area contributed by atoms with Gasteiger partial charge in [-0.05, 0) is 74.8 Å². The maximum Gasteiger partial charge on any atom is 0.258 e. The minimum absolute atomic E-state index is 0.0286. The summed E-state index contributed by atoms with van der Waals surface area (Å²) in [5.41, 5.74) is 2.50. The molecular weight excluding hydrogens is 682 g/mol. The number of ether oxygens (including phenoxy) is 1. The van der Waals surface area contributed by atoms with Crippen LogP contribution in [0.15, 0.2) is 54.7 Å². The number of fused-ring (bicyclic) bond motifs is 17. The third kappa shape index (κ3) is 9.52. The van der Waals surface area contributed by atoms with Crippen molar-refractivity contribution in [2.45, 2.75) is 88.7 Å². The highest BCUT2D eigenvalue weighted by atomic mass is 16.5. The van der Waals surface area contributed by atoms with Crippen LogP contribution in [-0.4, -0.2) is 106 Å². The SMILES string of the molecule is C[C@@H]1NC(=O)[C@H]([C@@H](C)O)NC(=O)[C@@H]2C[C@H](NC(=O)CC3CC3)CN2C(=O)[C@@H](Cc2c[nH]c3ccccc23)NC(=O)COc2ccc(cc2)CCNC1=O. The Balaban J connectivity index is 1.31. The van der Waals surface area contributed by atoms with Crippen molar-refractivity contribution in [3.63, 3.8) is 0 Å². The van der Waals surface area contributed by atoms with Crippen LogP contribution in [0.25, 0.3) is 10.9 Å². The van der Waals surface area contributed by atoms with Gasteiger partial charge in [-0.15, -0.1) is 0 Å². The average Bonchev–Trinajstić information content (AvgIpc) is 3.70. The molecular formula is C38H47N7O8. The third-order valence-corrected chi connectivity index (χ3v) is 9.98. The van der Waals surface area contributed by atoms with E-state index in [1.165, 1.54) is 18.7 Å². The molecule has 6 atom stereocenters. The van der Waals surface area contributed by atoms with Crippen LogP contribution < -0.4 is 31.3 Å². The summed E-state index contributed by atoms with van der Waals surface area (Å²) in [4.78, 5) is 85.6. The van der Waals surface area contributed by atoms with Crippen LogP contribution in [0.5, 0.6) is 5.75 Å². The maximum absolute atomic E-state index is 14.6. The normalized spacial score (nSPS) is 25.5. The average molecular weight is 730 g/mol. The van der Waals surface area contributed by atoms with Crippen molar-refractivity contribution in [3.8, 4) is 5.75 Å². The van der Waals surface area contributed by atoms with Crippen LogP contribution in [0.2, 0.25) is 0 Å². The largest absolute Gasteiger partial charge is 0.484 e. The minimum Gasteiger partial charge on any atom is -0.484 e. The van der Waals surface area contributed by atoms with Gasteiger partial charge in [-0.1, -0.05) is 30.3 Å². The predicted molar refractivity (Wildman–Crippen MR) is 193 cm³/mol. The Bertz CT molecular complexity index is 1840. The molecule has 1 saturated carbocycles. The highest BCUT2D eigenvalue weighted by Crippen LogP contribution is 2.32. The van der Waals surface area contributed by atoms with Gasteiger partial charge in [0.05, 0.1) is 6.10 Å². The molecule has 7 rings (SSSR count). The fourth-order valence-corrected chi connectivity index (χ4v) is 6.87. The number of hydrogen-bond donors (Lipinski definition) is 7. The van der Waals surface area contributed by atoms with Gasteiger partial charge >= 0.3 is 0 Å². The zero-order chi connectivity index (χ0) is 37.6. The number of aromatic nitrogens is 1. The van der Waals surface area contributed by atoms with E-state index in [4.69, 9.17) is 4.74 Å². The number of rotatable bonds is 6. The van der Waals surface area contributed by atoms with E-state index in [0.717, 1.165) is 34.9 Å². The van der Waals surface area contributed by atoms with Gasteiger partial charge in [-0.25, -0.2) is 0 Å². The summed E-state index contributed by atoms with van der Waals surface area (Å²) in [5.74, 6) is -2.55. The van der Waals surface area contributed by atoms with Crippen molar-refractivity contribution in [1.29, 1.82) is 0 Å². The lowest BCUT2D eigenvalue weighted by atomic mass is 10.0. The Kier molecular flexibility index (Phi) is 11.6. The summed E-state index contributed by atoms with van der Waals surface area (Å²) >= 11 is 0. The van der Waals surface area contributed by atoms with Gasteiger partial charge in [0.15, 0.2) is 6.61 Å². The lowest BCUT2D eigenvalue weighted by molar-refractivity contribution is -0.143. The first kappa shape index (κ1) is 37.3. The van der Waals surface area contributed by atoms with Gasteiger partial charge in [0, 0.05) is 49.1 Å². The van der Waals surface area contributed by atoms with E-state index in [0.29, 0.717) is 24.5 Å². The molecule has 15 heteroatoms. The van der Waals surface area contributed by atoms with E-state index in [1.54, 1.807) is 18.3 Å². The lowest BCUT2D eigenvalue weighted by Gasteiger charge is -2.30. The summed E-state index contributed by atoms with van der Waals surface area (Å²) in [6.45, 7) is 2.68. The summed E-state index contributed by atoms with van der Waals surface area (Å²) < 4.78 is 5.76. The third-order valence-electron chi connectivity index (χ3n) is 9.98. The molecule has 2 fully saturated rings. The molecule has 2 bridgehead atoms. The van der Waals surface area contributed by atoms with Gasteiger partial charge in [0.25, 0.3) is 5.91 Å². The summed E-state index contributed by atoms with van der Waals surface area (Å²) in [5, 5.41) is 25.2. The number of benzene rings is 2. The monoisotopic (exact) mass is 729 g/mol. The Morgan fingerprint density at radius 2 is 1.74 bits per heavy atom. The van der Waals surface area contributed by atoms with Crippen molar-refractivity contribution in [3.05, 3.63) is 65.9 Å². The molecule has 53 heavy (non-hydrogen) atoms. The topological polar surface area (TPSA) is 211 Å². The Morgan fingerprint density at radius 1 is 0.981 bits per heavy atom. The van der Waals surface area contributed by atoms with E-state index in [9.17, 15) is 33.9 Å². The van der Waals surface area contributed by atoms with Crippen LogP contribution in [0.4, 0.5) is 0 Å². The lowest BCUT2D eigenvalue weighted by Crippen LogP contribution is -2.60. The van der Waals surface area contributed by atoms with Gasteiger partial charge in [0.2, 0.25) is 29.5 Å². The van der Waals surface area contributed by atoms with Crippen LogP contribution >= 0.6 is 0 Å². The van der Waals surface area contributed by atoms with E-state index in [1.807, 2.05) is 36.4 Å². The zero-order valence-corrected chi connectivity index (χ0v) is 29.9. The Labute approximate surface area is 307 Å². The predicted octanol–water partition coefficient (Wildman–Crippen LogP) is 0.203. The number of hydrogen-bond acceptors (Lipinski definition) is 8. The standard InChI is InChI=1S/C38H47N7O8/c1-21-35(49)39-14-13-23-9-11-27(12-10-23)53-20-33(48)43-30(16-25-18-40-29-6-4-3-5-28(25)29)38(52)45-19-26(42-32(47)15-24-7-8-24)17-31(45)36(50)44-34(22(2)46)37(51)41-21/h3-6,9-12,18,21-22,24,26,30-31,34,40,46H,7-8,13-17,19-20H2,1-2H3,(H,39,49)(H,41,51)(H,42,47)(H,43,48)(H,44,50)/t21-,22+,26-,30+,31-,34-/m0/s1. The fourth-order valence-electron chi connectivity index (χ4n) is 6.87. The van der Waals surface area contributed by atoms with Gasteiger partial charge in [-0.2, -0.15) is 0 Å². The molecule has 0 radical (unpaired) electrons. The second kappa shape index (κ2) is 16.5. The highest BCUT2D eigenvalue weighted by Gasteiger charge is 2.44. The molecule has 1 aromatic heterocycles. The van der Waals surface area contributed by atoms with E-state index in [-0.39, 0.29) is 38.4 Å². The number of nitrogens with one attached hydrogen (secondary N) is 6. The number of amides is 6. The minimum atomic E-state index is -1.46. The van der Waals surface area contributed by atoms with Gasteiger partial charge in [-0.3, -0.25) is 28.8 Å². The molecule has 15 nitrogen and oxygen atoms in total. The van der Waals surface area contributed by atoms with Crippen LogP contribution in [0.3, 0.4) is 0 Å². The number of H-pyrrole nitrogens is 1. The van der Waals surface area contributed by atoms with Crippen LogP contribution in [0, 0.1) is 5.92 Å². The van der Waals surface area contributed by atoms with Crippen molar-refractivity contribution < 1.29 is 38.6 Å². The maximum atomic E-state index is 14.6. The highest BCUT2D eigenvalue weighted by molar-refractivity contribution is 5.97. The van der Waals surface area contributed by atoms with Gasteiger partial charge in [0.1, 0.15) is 29.9 Å².